The van der Waals surface area contributed by atoms with E-state index in [-0.39, 0.29) is 5.75 Å². The Bertz CT molecular complexity index is 624. The summed E-state index contributed by atoms with van der Waals surface area (Å²) in [6, 6.07) is 11.7. The number of aryl methyl sites for hydroxylation is 1. The SMILES string of the molecule is COc1cccc(CNc2ccc(C)c(N(C)C)c2)c1O. The van der Waals surface area contributed by atoms with Gasteiger partial charge in [0.25, 0.3) is 0 Å². The molecule has 0 spiro atoms. The quantitative estimate of drug-likeness (QED) is 0.884. The minimum Gasteiger partial charge on any atom is -0.504 e. The van der Waals surface area contributed by atoms with Gasteiger partial charge in [-0.25, -0.2) is 0 Å². The molecule has 0 bridgehead atoms. The van der Waals surface area contributed by atoms with Gasteiger partial charge in [0.15, 0.2) is 11.5 Å². The normalized spacial score (nSPS) is 10.3. The lowest BCUT2D eigenvalue weighted by Gasteiger charge is -2.18. The van der Waals surface area contributed by atoms with Crippen LogP contribution in [-0.2, 0) is 6.54 Å². The molecule has 4 nitrogen and oxygen atoms in total. The fourth-order valence-electron chi connectivity index (χ4n) is 2.27. The molecule has 0 amide bonds. The highest BCUT2D eigenvalue weighted by Crippen LogP contribution is 2.30. The summed E-state index contributed by atoms with van der Waals surface area (Å²) in [6.07, 6.45) is 0. The summed E-state index contributed by atoms with van der Waals surface area (Å²) in [5.74, 6) is 0.680. The Morgan fingerprint density at radius 3 is 2.62 bits per heavy atom. The molecule has 0 fully saturated rings. The molecule has 0 aliphatic rings. The van der Waals surface area contributed by atoms with Gasteiger partial charge in [0.05, 0.1) is 7.11 Å². The molecular weight excluding hydrogens is 264 g/mol. The van der Waals surface area contributed by atoms with Crippen LogP contribution in [0.15, 0.2) is 36.4 Å². The van der Waals surface area contributed by atoms with Crippen LogP contribution in [0.4, 0.5) is 11.4 Å². The molecule has 2 N–H and O–H groups in total. The van der Waals surface area contributed by atoms with Crippen molar-refractivity contribution in [2.45, 2.75) is 13.5 Å². The lowest BCUT2D eigenvalue weighted by molar-refractivity contribution is 0.371. The van der Waals surface area contributed by atoms with Gasteiger partial charge in [-0.1, -0.05) is 18.2 Å². The second-order valence-electron chi connectivity index (χ2n) is 5.22. The molecule has 0 radical (unpaired) electrons. The zero-order chi connectivity index (χ0) is 15.4. The largest absolute Gasteiger partial charge is 0.504 e. The van der Waals surface area contributed by atoms with E-state index in [0.29, 0.717) is 12.3 Å². The predicted molar refractivity (Wildman–Crippen MR) is 87.5 cm³/mol. The highest BCUT2D eigenvalue weighted by atomic mass is 16.5. The number of hydrogen-bond acceptors (Lipinski definition) is 4. The standard InChI is InChI=1S/C17H22N2O2/c1-12-8-9-14(10-15(12)19(2)3)18-11-13-6-5-7-16(21-4)17(13)20/h5-10,18,20H,11H2,1-4H3. The maximum Gasteiger partial charge on any atom is 0.162 e. The van der Waals surface area contributed by atoms with Gasteiger partial charge < -0.3 is 20.1 Å². The van der Waals surface area contributed by atoms with Gasteiger partial charge in [0.2, 0.25) is 0 Å². The third kappa shape index (κ3) is 3.40. The third-order valence-electron chi connectivity index (χ3n) is 3.48. The number of ether oxygens (including phenoxy) is 1. The number of methoxy groups -OCH3 is 1. The van der Waals surface area contributed by atoms with Crippen molar-refractivity contribution in [3.05, 3.63) is 47.5 Å². The van der Waals surface area contributed by atoms with Gasteiger partial charge in [0, 0.05) is 37.6 Å². The summed E-state index contributed by atoms with van der Waals surface area (Å²) < 4.78 is 5.12. The van der Waals surface area contributed by atoms with Gasteiger partial charge in [0.1, 0.15) is 0 Å². The van der Waals surface area contributed by atoms with Gasteiger partial charge in [-0.3, -0.25) is 0 Å². The topological polar surface area (TPSA) is 44.7 Å². The molecule has 2 aromatic rings. The van der Waals surface area contributed by atoms with Crippen molar-refractivity contribution in [3.63, 3.8) is 0 Å². The van der Waals surface area contributed by atoms with Crippen LogP contribution in [0.5, 0.6) is 11.5 Å². The lowest BCUT2D eigenvalue weighted by Crippen LogP contribution is -2.11. The first-order valence-electron chi connectivity index (χ1n) is 6.89. The number of anilines is 2. The Kier molecular flexibility index (Phi) is 4.58. The minimum atomic E-state index is 0.187. The molecule has 0 heterocycles. The number of phenols is 1. The summed E-state index contributed by atoms with van der Waals surface area (Å²) in [7, 11) is 5.61. The van der Waals surface area contributed by atoms with E-state index in [9.17, 15) is 5.11 Å². The van der Waals surface area contributed by atoms with E-state index < -0.39 is 0 Å². The molecule has 2 aromatic carbocycles. The van der Waals surface area contributed by atoms with Gasteiger partial charge in [-0.2, -0.15) is 0 Å². The van der Waals surface area contributed by atoms with E-state index in [0.717, 1.165) is 11.3 Å². The zero-order valence-electron chi connectivity index (χ0n) is 13.0. The molecule has 0 aliphatic heterocycles. The Morgan fingerprint density at radius 1 is 1.19 bits per heavy atom. The van der Waals surface area contributed by atoms with Gasteiger partial charge in [-0.05, 0) is 30.7 Å². The van der Waals surface area contributed by atoms with E-state index in [2.05, 4.69) is 29.3 Å². The first-order chi connectivity index (χ1) is 10.0. The summed E-state index contributed by atoms with van der Waals surface area (Å²) in [4.78, 5) is 2.09. The number of phenolic OH excluding ortho intramolecular Hbond substituents is 1. The zero-order valence-corrected chi connectivity index (χ0v) is 13.0. The molecule has 0 aromatic heterocycles. The monoisotopic (exact) mass is 286 g/mol. The van der Waals surface area contributed by atoms with E-state index in [1.165, 1.54) is 11.3 Å². The van der Waals surface area contributed by atoms with Crippen LogP contribution in [0.2, 0.25) is 0 Å². The maximum atomic E-state index is 10.1. The fraction of sp³-hybridized carbons (Fsp3) is 0.294. The molecule has 0 atom stereocenters. The molecule has 0 aliphatic carbocycles. The van der Waals surface area contributed by atoms with Crippen molar-refractivity contribution in [1.29, 1.82) is 0 Å². The van der Waals surface area contributed by atoms with Crippen molar-refractivity contribution < 1.29 is 9.84 Å². The second kappa shape index (κ2) is 6.39. The first-order valence-corrected chi connectivity index (χ1v) is 6.89. The smallest absolute Gasteiger partial charge is 0.162 e. The van der Waals surface area contributed by atoms with E-state index >= 15 is 0 Å². The average Bonchev–Trinajstić information content (AvgIpc) is 2.47. The van der Waals surface area contributed by atoms with E-state index in [1.807, 2.05) is 32.3 Å². The number of para-hydroxylation sites is 1. The lowest BCUT2D eigenvalue weighted by atomic mass is 10.1. The first kappa shape index (κ1) is 15.0. The molecule has 112 valence electrons. The van der Waals surface area contributed by atoms with Crippen LogP contribution in [0.1, 0.15) is 11.1 Å². The molecular formula is C17H22N2O2. The maximum absolute atomic E-state index is 10.1. The van der Waals surface area contributed by atoms with Crippen LogP contribution in [0.25, 0.3) is 0 Å². The van der Waals surface area contributed by atoms with Crippen molar-refractivity contribution in [2.24, 2.45) is 0 Å². The van der Waals surface area contributed by atoms with E-state index in [4.69, 9.17) is 4.74 Å². The van der Waals surface area contributed by atoms with Crippen LogP contribution in [-0.4, -0.2) is 26.3 Å². The third-order valence-corrected chi connectivity index (χ3v) is 3.48. The van der Waals surface area contributed by atoms with Crippen LogP contribution in [0.3, 0.4) is 0 Å². The van der Waals surface area contributed by atoms with Crippen LogP contribution < -0.4 is 15.0 Å². The van der Waals surface area contributed by atoms with Crippen LogP contribution >= 0.6 is 0 Å². The molecule has 4 heteroatoms. The Balaban J connectivity index is 2.15. The number of aromatic hydroxyl groups is 1. The number of benzene rings is 2. The molecule has 0 saturated carbocycles. The highest BCUT2D eigenvalue weighted by Gasteiger charge is 2.07. The molecule has 21 heavy (non-hydrogen) atoms. The summed E-state index contributed by atoms with van der Waals surface area (Å²) in [5, 5.41) is 13.4. The van der Waals surface area contributed by atoms with Crippen LogP contribution in [0, 0.1) is 6.92 Å². The van der Waals surface area contributed by atoms with Gasteiger partial charge in [-0.15, -0.1) is 0 Å². The fourth-order valence-corrected chi connectivity index (χ4v) is 2.27. The number of rotatable bonds is 5. The Labute approximate surface area is 126 Å². The van der Waals surface area contributed by atoms with Crippen molar-refractivity contribution in [3.8, 4) is 11.5 Å². The molecule has 2 rings (SSSR count). The van der Waals surface area contributed by atoms with Crippen molar-refractivity contribution in [2.75, 3.05) is 31.4 Å². The highest BCUT2D eigenvalue weighted by molar-refractivity contribution is 5.62. The van der Waals surface area contributed by atoms with Crippen molar-refractivity contribution >= 4 is 11.4 Å². The molecule has 0 unspecified atom stereocenters. The Morgan fingerprint density at radius 2 is 1.95 bits per heavy atom. The number of nitrogens with one attached hydrogen (secondary N) is 1. The Hall–Kier alpha value is -2.36. The average molecular weight is 286 g/mol. The van der Waals surface area contributed by atoms with Crippen molar-refractivity contribution in [1.82, 2.24) is 0 Å². The van der Waals surface area contributed by atoms with E-state index in [1.54, 1.807) is 13.2 Å². The number of nitrogens with zero attached hydrogens (tertiary/aromatic N) is 1. The predicted octanol–water partition coefficient (Wildman–Crippen LogP) is 3.39. The minimum absolute atomic E-state index is 0.187. The summed E-state index contributed by atoms with van der Waals surface area (Å²) >= 11 is 0. The molecule has 0 saturated heterocycles. The second-order valence-corrected chi connectivity index (χ2v) is 5.22. The summed E-state index contributed by atoms with van der Waals surface area (Å²) in [5.41, 5.74) is 4.23. The summed E-state index contributed by atoms with van der Waals surface area (Å²) in [6.45, 7) is 2.63. The number of hydrogen-bond donors (Lipinski definition) is 2. The van der Waals surface area contributed by atoms with Gasteiger partial charge >= 0.3 is 0 Å².